The van der Waals surface area contributed by atoms with Crippen LogP contribution < -0.4 is 10.5 Å². The number of aliphatic carboxylic acids is 1. The van der Waals surface area contributed by atoms with Gasteiger partial charge in [0.05, 0.1) is 6.61 Å². The molecular weight excluding hydrogens is 210 g/mol. The number of carbonyl (C=O) groups excluding carboxylic acids is 1. The van der Waals surface area contributed by atoms with Gasteiger partial charge >= 0.3 is 5.97 Å². The monoisotopic (exact) mass is 223 g/mol. The second kappa shape index (κ2) is 5.75. The smallest absolute Gasteiger partial charge is 0.303 e. The molecule has 0 heterocycles. The Labute approximate surface area is 92.8 Å². The summed E-state index contributed by atoms with van der Waals surface area (Å²) < 4.78 is 5.28. The van der Waals surface area contributed by atoms with Crippen LogP contribution in [0.5, 0.6) is 5.75 Å². The molecule has 0 unspecified atom stereocenters. The predicted octanol–water partition coefficient (Wildman–Crippen LogP) is 1.03. The first-order valence-corrected chi connectivity index (χ1v) is 4.84. The van der Waals surface area contributed by atoms with E-state index in [1.165, 1.54) is 0 Å². The van der Waals surface area contributed by atoms with E-state index in [0.29, 0.717) is 24.3 Å². The van der Waals surface area contributed by atoms with E-state index in [4.69, 9.17) is 15.6 Å². The lowest BCUT2D eigenvalue weighted by Crippen LogP contribution is -2.10. The van der Waals surface area contributed by atoms with Crippen molar-refractivity contribution in [3.05, 3.63) is 29.8 Å². The summed E-state index contributed by atoms with van der Waals surface area (Å²) in [5, 5.41) is 8.40. The van der Waals surface area contributed by atoms with Gasteiger partial charge in [0.25, 0.3) is 0 Å². The minimum Gasteiger partial charge on any atom is -0.494 e. The molecule has 0 bridgehead atoms. The summed E-state index contributed by atoms with van der Waals surface area (Å²) in [5.74, 6) is -0.736. The minimum atomic E-state index is -0.840. The van der Waals surface area contributed by atoms with Crippen LogP contribution in [-0.4, -0.2) is 23.6 Å². The maximum Gasteiger partial charge on any atom is 0.303 e. The largest absolute Gasteiger partial charge is 0.494 e. The standard InChI is InChI=1S/C11H13NO4/c12-11(15)8-3-5-9(6-4-8)16-7-1-2-10(13)14/h3-6H,1-2,7H2,(H2,12,15)(H,13,14). The van der Waals surface area contributed by atoms with Gasteiger partial charge in [0.2, 0.25) is 5.91 Å². The lowest BCUT2D eigenvalue weighted by molar-refractivity contribution is -0.137. The maximum absolute atomic E-state index is 10.8. The Morgan fingerprint density at radius 3 is 2.38 bits per heavy atom. The molecule has 0 aromatic heterocycles. The molecule has 1 rings (SSSR count). The maximum atomic E-state index is 10.8. The summed E-state index contributed by atoms with van der Waals surface area (Å²) in [5.41, 5.74) is 5.49. The molecule has 3 N–H and O–H groups in total. The molecule has 5 heteroatoms. The van der Waals surface area contributed by atoms with Crippen LogP contribution >= 0.6 is 0 Å². The highest BCUT2D eigenvalue weighted by Gasteiger charge is 2.01. The third-order valence-electron chi connectivity index (χ3n) is 1.94. The van der Waals surface area contributed by atoms with Crippen LogP contribution in [-0.2, 0) is 4.79 Å². The van der Waals surface area contributed by atoms with Gasteiger partial charge in [-0.25, -0.2) is 0 Å². The zero-order chi connectivity index (χ0) is 12.0. The number of ether oxygens (including phenoxy) is 1. The molecule has 0 atom stereocenters. The summed E-state index contributed by atoms with van der Waals surface area (Å²) in [6, 6.07) is 6.38. The number of rotatable bonds is 6. The molecule has 0 aliphatic heterocycles. The van der Waals surface area contributed by atoms with Crippen LogP contribution in [0.25, 0.3) is 0 Å². The molecule has 0 saturated heterocycles. The van der Waals surface area contributed by atoms with Crippen LogP contribution in [0, 0.1) is 0 Å². The van der Waals surface area contributed by atoms with Crippen LogP contribution in [0.2, 0.25) is 0 Å². The predicted molar refractivity (Wildman–Crippen MR) is 57.3 cm³/mol. The Balaban J connectivity index is 2.38. The lowest BCUT2D eigenvalue weighted by Gasteiger charge is -2.05. The van der Waals surface area contributed by atoms with Gasteiger partial charge in [0.15, 0.2) is 0 Å². The van der Waals surface area contributed by atoms with Gasteiger partial charge in [-0.05, 0) is 30.7 Å². The molecule has 0 saturated carbocycles. The number of carboxylic acids is 1. The Morgan fingerprint density at radius 2 is 1.88 bits per heavy atom. The average molecular weight is 223 g/mol. The number of carboxylic acid groups (broad SMARTS) is 1. The van der Waals surface area contributed by atoms with Crippen LogP contribution in [0.1, 0.15) is 23.2 Å². The quantitative estimate of drug-likeness (QED) is 0.705. The number of hydrogen-bond donors (Lipinski definition) is 2. The van der Waals surface area contributed by atoms with Crippen LogP contribution in [0.15, 0.2) is 24.3 Å². The number of nitrogens with two attached hydrogens (primary N) is 1. The van der Waals surface area contributed by atoms with Gasteiger partial charge in [-0.3, -0.25) is 9.59 Å². The van der Waals surface area contributed by atoms with Crippen LogP contribution in [0.3, 0.4) is 0 Å². The van der Waals surface area contributed by atoms with E-state index >= 15 is 0 Å². The highest BCUT2D eigenvalue weighted by Crippen LogP contribution is 2.12. The van der Waals surface area contributed by atoms with Crippen LogP contribution in [0.4, 0.5) is 0 Å². The van der Waals surface area contributed by atoms with Crippen molar-refractivity contribution in [2.75, 3.05) is 6.61 Å². The zero-order valence-electron chi connectivity index (χ0n) is 8.68. The molecular formula is C11H13NO4. The van der Waals surface area contributed by atoms with Gasteiger partial charge in [-0.2, -0.15) is 0 Å². The van der Waals surface area contributed by atoms with Crippen molar-refractivity contribution in [1.29, 1.82) is 0 Å². The molecule has 0 aliphatic rings. The van der Waals surface area contributed by atoms with Crippen molar-refractivity contribution in [2.24, 2.45) is 5.73 Å². The zero-order valence-corrected chi connectivity index (χ0v) is 8.68. The molecule has 16 heavy (non-hydrogen) atoms. The highest BCUT2D eigenvalue weighted by atomic mass is 16.5. The number of primary amides is 1. The van der Waals surface area contributed by atoms with Crippen molar-refractivity contribution >= 4 is 11.9 Å². The molecule has 0 spiro atoms. The van der Waals surface area contributed by atoms with Crippen molar-refractivity contribution in [1.82, 2.24) is 0 Å². The fourth-order valence-corrected chi connectivity index (χ4v) is 1.13. The van der Waals surface area contributed by atoms with Gasteiger partial charge in [0.1, 0.15) is 5.75 Å². The highest BCUT2D eigenvalue weighted by molar-refractivity contribution is 5.92. The van der Waals surface area contributed by atoms with E-state index < -0.39 is 11.9 Å². The Bertz CT molecular complexity index is 372. The lowest BCUT2D eigenvalue weighted by atomic mass is 10.2. The van der Waals surface area contributed by atoms with E-state index in [-0.39, 0.29) is 6.42 Å². The third kappa shape index (κ3) is 4.00. The van der Waals surface area contributed by atoms with E-state index in [0.717, 1.165) is 0 Å². The molecule has 86 valence electrons. The summed E-state index contributed by atoms with van der Waals surface area (Å²) in [7, 11) is 0. The molecule has 1 aromatic rings. The van der Waals surface area contributed by atoms with Crippen molar-refractivity contribution in [2.45, 2.75) is 12.8 Å². The normalized spacial score (nSPS) is 9.75. The summed E-state index contributed by atoms with van der Waals surface area (Å²) in [6.45, 7) is 0.336. The Kier molecular flexibility index (Phi) is 4.32. The second-order valence-electron chi connectivity index (χ2n) is 3.23. The second-order valence-corrected chi connectivity index (χ2v) is 3.23. The molecule has 5 nitrogen and oxygen atoms in total. The first-order chi connectivity index (χ1) is 7.59. The van der Waals surface area contributed by atoms with E-state index in [2.05, 4.69) is 0 Å². The fourth-order valence-electron chi connectivity index (χ4n) is 1.13. The first-order valence-electron chi connectivity index (χ1n) is 4.84. The van der Waals surface area contributed by atoms with Gasteiger partial charge < -0.3 is 15.6 Å². The third-order valence-corrected chi connectivity index (χ3v) is 1.94. The molecule has 1 aromatic carbocycles. The summed E-state index contributed by atoms with van der Waals surface area (Å²) >= 11 is 0. The molecule has 1 amide bonds. The summed E-state index contributed by atoms with van der Waals surface area (Å²) in [6.07, 6.45) is 0.534. The van der Waals surface area contributed by atoms with Crippen molar-refractivity contribution < 1.29 is 19.4 Å². The minimum absolute atomic E-state index is 0.0827. The van der Waals surface area contributed by atoms with E-state index in [1.54, 1.807) is 24.3 Å². The number of hydrogen-bond acceptors (Lipinski definition) is 3. The molecule has 0 aliphatic carbocycles. The number of amides is 1. The number of benzene rings is 1. The average Bonchev–Trinajstić information content (AvgIpc) is 2.25. The Hall–Kier alpha value is -2.04. The SMILES string of the molecule is NC(=O)c1ccc(OCCCC(=O)O)cc1. The van der Waals surface area contributed by atoms with Gasteiger partial charge in [0, 0.05) is 12.0 Å². The van der Waals surface area contributed by atoms with E-state index in [9.17, 15) is 9.59 Å². The van der Waals surface area contributed by atoms with Crippen molar-refractivity contribution in [3.8, 4) is 5.75 Å². The fraction of sp³-hybridized carbons (Fsp3) is 0.273. The molecule has 0 radical (unpaired) electrons. The van der Waals surface area contributed by atoms with E-state index in [1.807, 2.05) is 0 Å². The van der Waals surface area contributed by atoms with Gasteiger partial charge in [-0.15, -0.1) is 0 Å². The number of carbonyl (C=O) groups is 2. The molecule has 0 fully saturated rings. The van der Waals surface area contributed by atoms with Crippen molar-refractivity contribution in [3.63, 3.8) is 0 Å². The Morgan fingerprint density at radius 1 is 1.25 bits per heavy atom. The topological polar surface area (TPSA) is 89.6 Å². The summed E-state index contributed by atoms with van der Waals surface area (Å²) in [4.78, 5) is 21.0. The first kappa shape index (κ1) is 12.0. The van der Waals surface area contributed by atoms with Gasteiger partial charge in [-0.1, -0.05) is 0 Å².